The predicted octanol–water partition coefficient (Wildman–Crippen LogP) is 3.03. The number of carbonyl (C=O) groups is 3. The SMILES string of the molecule is CCC(=O)O[C@@H]1COC(OC(=O)CCc2c[nH]c3ccccc23)C[C@H]1OC(=O)CC. The molecule has 1 aliphatic heterocycles. The van der Waals surface area contributed by atoms with E-state index in [0.29, 0.717) is 6.42 Å². The maximum atomic E-state index is 12.3. The summed E-state index contributed by atoms with van der Waals surface area (Å²) in [5, 5.41) is 1.08. The van der Waals surface area contributed by atoms with Crippen LogP contribution in [0.25, 0.3) is 10.9 Å². The molecule has 0 bridgehead atoms. The second-order valence-electron chi connectivity index (χ2n) is 7.11. The lowest BCUT2D eigenvalue weighted by Gasteiger charge is -2.34. The molecule has 0 radical (unpaired) electrons. The van der Waals surface area contributed by atoms with Crippen LogP contribution in [0.4, 0.5) is 0 Å². The number of nitrogens with one attached hydrogen (secondary N) is 1. The van der Waals surface area contributed by atoms with Gasteiger partial charge in [0.25, 0.3) is 0 Å². The fourth-order valence-electron chi connectivity index (χ4n) is 3.32. The van der Waals surface area contributed by atoms with Gasteiger partial charge in [-0.15, -0.1) is 0 Å². The highest BCUT2D eigenvalue weighted by molar-refractivity contribution is 5.83. The molecule has 3 rings (SSSR count). The summed E-state index contributed by atoms with van der Waals surface area (Å²) >= 11 is 0. The molecule has 2 aromatic rings. The Hall–Kier alpha value is -2.87. The number of rotatable bonds is 8. The van der Waals surface area contributed by atoms with E-state index in [1.807, 2.05) is 30.5 Å². The van der Waals surface area contributed by atoms with Crippen molar-refractivity contribution in [3.63, 3.8) is 0 Å². The summed E-state index contributed by atoms with van der Waals surface area (Å²) in [6.07, 6.45) is 0.844. The number of H-pyrrole nitrogens is 1. The van der Waals surface area contributed by atoms with Crippen molar-refractivity contribution in [3.05, 3.63) is 36.0 Å². The largest absolute Gasteiger partial charge is 0.458 e. The van der Waals surface area contributed by atoms with Crippen molar-refractivity contribution in [2.75, 3.05) is 6.61 Å². The van der Waals surface area contributed by atoms with E-state index in [2.05, 4.69) is 4.98 Å². The number of hydrogen-bond donors (Lipinski definition) is 1. The average Bonchev–Trinajstić information content (AvgIpc) is 3.17. The molecule has 0 saturated carbocycles. The molecule has 0 amide bonds. The molecule has 1 unspecified atom stereocenters. The Morgan fingerprint density at radius 3 is 2.43 bits per heavy atom. The third-order valence-corrected chi connectivity index (χ3v) is 4.97. The molecular formula is C22H27NO7. The first kappa shape index (κ1) is 21.8. The Morgan fingerprint density at radius 2 is 1.70 bits per heavy atom. The second kappa shape index (κ2) is 10.2. The van der Waals surface area contributed by atoms with Gasteiger partial charge >= 0.3 is 17.9 Å². The van der Waals surface area contributed by atoms with Crippen molar-refractivity contribution < 1.29 is 33.3 Å². The smallest absolute Gasteiger partial charge is 0.308 e. The van der Waals surface area contributed by atoms with E-state index < -0.39 is 36.4 Å². The Bertz CT molecular complexity index is 890. The van der Waals surface area contributed by atoms with E-state index in [1.54, 1.807) is 13.8 Å². The van der Waals surface area contributed by atoms with Crippen LogP contribution in [0.3, 0.4) is 0 Å². The number of benzene rings is 1. The molecule has 1 N–H and O–H groups in total. The Morgan fingerprint density at radius 1 is 1.00 bits per heavy atom. The highest BCUT2D eigenvalue weighted by atomic mass is 16.7. The van der Waals surface area contributed by atoms with Gasteiger partial charge in [0.1, 0.15) is 6.10 Å². The molecule has 1 saturated heterocycles. The number of fused-ring (bicyclic) bond motifs is 1. The summed E-state index contributed by atoms with van der Waals surface area (Å²) in [6, 6.07) is 7.88. The third-order valence-electron chi connectivity index (χ3n) is 4.97. The molecular weight excluding hydrogens is 390 g/mol. The Labute approximate surface area is 174 Å². The van der Waals surface area contributed by atoms with Gasteiger partial charge in [-0.1, -0.05) is 32.0 Å². The lowest BCUT2D eigenvalue weighted by atomic mass is 10.1. The summed E-state index contributed by atoms with van der Waals surface area (Å²) in [5.74, 6) is -1.23. The van der Waals surface area contributed by atoms with Gasteiger partial charge in [-0.3, -0.25) is 14.4 Å². The van der Waals surface area contributed by atoms with Gasteiger partial charge in [0.2, 0.25) is 6.29 Å². The number of aryl methyl sites for hydroxylation is 1. The van der Waals surface area contributed by atoms with Crippen molar-refractivity contribution in [2.24, 2.45) is 0 Å². The predicted molar refractivity (Wildman–Crippen MR) is 107 cm³/mol. The number of ether oxygens (including phenoxy) is 4. The zero-order valence-electron chi connectivity index (χ0n) is 17.2. The topological polar surface area (TPSA) is 104 Å². The van der Waals surface area contributed by atoms with Gasteiger partial charge in [-0.2, -0.15) is 0 Å². The van der Waals surface area contributed by atoms with Gasteiger partial charge in [-0.05, 0) is 18.1 Å². The van der Waals surface area contributed by atoms with Crippen LogP contribution in [0.5, 0.6) is 0 Å². The van der Waals surface area contributed by atoms with E-state index >= 15 is 0 Å². The van der Waals surface area contributed by atoms with Crippen LogP contribution in [0.15, 0.2) is 30.5 Å². The molecule has 0 spiro atoms. The number of hydrogen-bond acceptors (Lipinski definition) is 7. The summed E-state index contributed by atoms with van der Waals surface area (Å²) in [4.78, 5) is 38.9. The highest BCUT2D eigenvalue weighted by Gasteiger charge is 2.38. The van der Waals surface area contributed by atoms with E-state index in [9.17, 15) is 14.4 Å². The van der Waals surface area contributed by atoms with Crippen molar-refractivity contribution in [2.45, 2.75) is 64.4 Å². The molecule has 1 aromatic carbocycles. The number of aromatic nitrogens is 1. The standard InChI is InChI=1S/C22H27NO7/c1-3-19(24)28-17-11-22(27-13-18(17)29-20(25)4-2)30-21(26)10-9-14-12-23-16-8-6-5-7-15(14)16/h5-8,12,17-18,22-23H,3-4,9-11,13H2,1-2H3/t17-,18-,22?/m1/s1. The van der Waals surface area contributed by atoms with Crippen molar-refractivity contribution >= 4 is 28.8 Å². The summed E-state index contributed by atoms with van der Waals surface area (Å²) < 4.78 is 21.7. The number of aromatic amines is 1. The molecule has 8 heteroatoms. The lowest BCUT2D eigenvalue weighted by molar-refractivity contribution is -0.230. The monoisotopic (exact) mass is 417 g/mol. The Balaban J connectivity index is 1.54. The van der Waals surface area contributed by atoms with E-state index in [-0.39, 0.29) is 32.3 Å². The molecule has 1 aromatic heterocycles. The first-order valence-electron chi connectivity index (χ1n) is 10.2. The zero-order chi connectivity index (χ0) is 21.5. The van der Waals surface area contributed by atoms with Gasteiger partial charge in [0.05, 0.1) is 13.0 Å². The maximum Gasteiger partial charge on any atom is 0.308 e. The lowest BCUT2D eigenvalue weighted by Crippen LogP contribution is -2.47. The summed E-state index contributed by atoms with van der Waals surface area (Å²) in [7, 11) is 0. The first-order chi connectivity index (χ1) is 14.5. The van der Waals surface area contributed by atoms with Crippen LogP contribution in [-0.2, 0) is 39.8 Å². The molecule has 1 aliphatic rings. The highest BCUT2D eigenvalue weighted by Crippen LogP contribution is 2.23. The minimum absolute atomic E-state index is 0.00616. The van der Waals surface area contributed by atoms with Gasteiger partial charge in [0.15, 0.2) is 6.10 Å². The van der Waals surface area contributed by atoms with E-state index in [0.717, 1.165) is 16.5 Å². The van der Waals surface area contributed by atoms with Crippen molar-refractivity contribution in [1.29, 1.82) is 0 Å². The van der Waals surface area contributed by atoms with Gasteiger partial charge in [-0.25, -0.2) is 0 Å². The molecule has 1 fully saturated rings. The summed E-state index contributed by atoms with van der Waals surface area (Å²) in [5.41, 5.74) is 2.05. The minimum atomic E-state index is -0.855. The molecule has 162 valence electrons. The van der Waals surface area contributed by atoms with Crippen LogP contribution in [0.2, 0.25) is 0 Å². The number of esters is 3. The van der Waals surface area contributed by atoms with E-state index in [4.69, 9.17) is 18.9 Å². The Kier molecular flexibility index (Phi) is 7.46. The van der Waals surface area contributed by atoms with Crippen LogP contribution >= 0.6 is 0 Å². The van der Waals surface area contributed by atoms with Crippen LogP contribution in [0.1, 0.15) is 45.1 Å². The zero-order valence-corrected chi connectivity index (χ0v) is 17.2. The van der Waals surface area contributed by atoms with E-state index in [1.165, 1.54) is 0 Å². The third kappa shape index (κ3) is 5.60. The fraction of sp³-hybridized carbons (Fsp3) is 0.500. The van der Waals surface area contributed by atoms with Crippen LogP contribution in [-0.4, -0.2) is 48.0 Å². The minimum Gasteiger partial charge on any atom is -0.458 e. The van der Waals surface area contributed by atoms with Crippen molar-refractivity contribution in [1.82, 2.24) is 4.98 Å². The number of carbonyl (C=O) groups excluding carboxylic acids is 3. The quantitative estimate of drug-likeness (QED) is 0.520. The molecule has 8 nitrogen and oxygen atoms in total. The van der Waals surface area contributed by atoms with Crippen LogP contribution in [0, 0.1) is 0 Å². The molecule has 3 atom stereocenters. The average molecular weight is 417 g/mol. The molecule has 0 aliphatic carbocycles. The normalized spacial score (nSPS) is 21.2. The first-order valence-corrected chi connectivity index (χ1v) is 10.2. The van der Waals surface area contributed by atoms with Gasteiger partial charge < -0.3 is 23.9 Å². The molecule has 30 heavy (non-hydrogen) atoms. The second-order valence-corrected chi connectivity index (χ2v) is 7.11. The fourth-order valence-corrected chi connectivity index (χ4v) is 3.32. The van der Waals surface area contributed by atoms with Crippen molar-refractivity contribution in [3.8, 4) is 0 Å². The van der Waals surface area contributed by atoms with Crippen LogP contribution < -0.4 is 0 Å². The number of para-hydroxylation sites is 1. The van der Waals surface area contributed by atoms with Gasteiger partial charge in [0, 0.05) is 36.4 Å². The maximum absolute atomic E-state index is 12.3. The summed E-state index contributed by atoms with van der Waals surface area (Å²) in [6.45, 7) is 3.35. The molecule has 2 heterocycles.